The van der Waals surface area contributed by atoms with E-state index in [1.54, 1.807) is 7.11 Å². The molecule has 1 atom stereocenters. The van der Waals surface area contributed by atoms with Crippen molar-refractivity contribution in [1.82, 2.24) is 0 Å². The lowest BCUT2D eigenvalue weighted by atomic mass is 9.94. The Morgan fingerprint density at radius 2 is 1.71 bits per heavy atom. The van der Waals surface area contributed by atoms with E-state index < -0.39 is 0 Å². The van der Waals surface area contributed by atoms with Crippen molar-refractivity contribution in [3.05, 3.63) is 65.7 Å². The normalized spacial score (nSPS) is 11.9. The first-order valence-corrected chi connectivity index (χ1v) is 7.38. The summed E-state index contributed by atoms with van der Waals surface area (Å²) in [6.07, 6.45) is 2.01. The Morgan fingerprint density at radius 1 is 1.05 bits per heavy atom. The molecule has 2 rings (SSSR count). The van der Waals surface area contributed by atoms with E-state index in [0.717, 1.165) is 12.2 Å². The first-order valence-electron chi connectivity index (χ1n) is 7.38. The summed E-state index contributed by atoms with van der Waals surface area (Å²) >= 11 is 0. The average Bonchev–Trinajstić information content (AvgIpc) is 2.54. The first-order chi connectivity index (χ1) is 10.2. The third-order valence-corrected chi connectivity index (χ3v) is 3.75. The number of aryl methyl sites for hydroxylation is 1. The Labute approximate surface area is 126 Å². The minimum atomic E-state index is 0.287. The Bertz CT molecular complexity index is 558. The van der Waals surface area contributed by atoms with E-state index >= 15 is 0 Å². The lowest BCUT2D eigenvalue weighted by molar-refractivity contribution is -0.119. The molecule has 2 nitrogen and oxygen atoms in total. The number of carbonyl (C=O) groups is 1. The summed E-state index contributed by atoms with van der Waals surface area (Å²) in [5.74, 6) is 1.46. The Hall–Kier alpha value is -2.09. The minimum Gasteiger partial charge on any atom is -0.497 e. The number of methoxy groups -OCH3 is 1. The van der Waals surface area contributed by atoms with E-state index in [9.17, 15) is 4.79 Å². The van der Waals surface area contributed by atoms with Crippen LogP contribution in [0.2, 0.25) is 0 Å². The van der Waals surface area contributed by atoms with Crippen LogP contribution in [0.5, 0.6) is 5.75 Å². The quantitative estimate of drug-likeness (QED) is 0.752. The summed E-state index contributed by atoms with van der Waals surface area (Å²) in [6, 6.07) is 18.1. The number of carbonyl (C=O) groups excluding carboxylic acids is 1. The molecule has 2 aromatic carbocycles. The summed E-state index contributed by atoms with van der Waals surface area (Å²) in [5, 5.41) is 0. The number of Topliss-reactive ketones (excluding diaryl/α,β-unsaturated/α-hetero) is 1. The Kier molecular flexibility index (Phi) is 5.56. The third kappa shape index (κ3) is 4.75. The molecule has 0 saturated heterocycles. The zero-order valence-corrected chi connectivity index (χ0v) is 12.7. The van der Waals surface area contributed by atoms with Gasteiger partial charge in [-0.3, -0.25) is 4.79 Å². The molecular weight excluding hydrogens is 260 g/mol. The molecule has 2 aromatic rings. The van der Waals surface area contributed by atoms with Crippen molar-refractivity contribution in [2.24, 2.45) is 0 Å². The lowest BCUT2D eigenvalue weighted by Gasteiger charge is -2.11. The smallest absolute Gasteiger partial charge is 0.133 e. The van der Waals surface area contributed by atoms with E-state index in [2.05, 4.69) is 19.1 Å². The van der Waals surface area contributed by atoms with Crippen LogP contribution in [-0.2, 0) is 11.2 Å². The van der Waals surface area contributed by atoms with Gasteiger partial charge in [0.15, 0.2) is 0 Å². The number of ether oxygens (including phenoxy) is 1. The van der Waals surface area contributed by atoms with Gasteiger partial charge in [0.1, 0.15) is 11.5 Å². The highest BCUT2D eigenvalue weighted by Gasteiger charge is 2.11. The van der Waals surface area contributed by atoms with Crippen LogP contribution in [0, 0.1) is 0 Å². The predicted molar refractivity (Wildman–Crippen MR) is 85.8 cm³/mol. The van der Waals surface area contributed by atoms with Crippen LogP contribution < -0.4 is 4.74 Å². The van der Waals surface area contributed by atoms with Crippen molar-refractivity contribution in [2.75, 3.05) is 7.11 Å². The SMILES string of the molecule is COc1ccc(CCC(=O)C[C@@H](C)c2ccccc2)cc1. The molecule has 0 aliphatic heterocycles. The molecule has 0 unspecified atom stereocenters. The highest BCUT2D eigenvalue weighted by atomic mass is 16.5. The van der Waals surface area contributed by atoms with Crippen LogP contribution >= 0.6 is 0 Å². The van der Waals surface area contributed by atoms with E-state index in [1.807, 2.05) is 42.5 Å². The molecule has 0 fully saturated rings. The summed E-state index contributed by atoms with van der Waals surface area (Å²) in [6.45, 7) is 2.11. The molecule has 0 radical (unpaired) electrons. The highest BCUT2D eigenvalue weighted by molar-refractivity contribution is 5.79. The highest BCUT2D eigenvalue weighted by Crippen LogP contribution is 2.20. The third-order valence-electron chi connectivity index (χ3n) is 3.75. The van der Waals surface area contributed by atoms with Crippen molar-refractivity contribution < 1.29 is 9.53 Å². The molecule has 0 spiro atoms. The topological polar surface area (TPSA) is 26.3 Å². The van der Waals surface area contributed by atoms with Crippen molar-refractivity contribution in [2.45, 2.75) is 32.1 Å². The fourth-order valence-electron chi connectivity index (χ4n) is 2.42. The fourth-order valence-corrected chi connectivity index (χ4v) is 2.42. The zero-order valence-electron chi connectivity index (χ0n) is 12.7. The van der Waals surface area contributed by atoms with Gasteiger partial charge in [-0.25, -0.2) is 0 Å². The summed E-state index contributed by atoms with van der Waals surface area (Å²) in [7, 11) is 1.66. The van der Waals surface area contributed by atoms with Gasteiger partial charge in [0, 0.05) is 12.8 Å². The summed E-state index contributed by atoms with van der Waals surface area (Å²) in [4.78, 5) is 12.1. The standard InChI is InChI=1S/C19H22O2/c1-15(17-6-4-3-5-7-17)14-18(20)11-8-16-9-12-19(21-2)13-10-16/h3-7,9-10,12-13,15H,8,11,14H2,1-2H3/t15-/m1/s1. The molecule has 21 heavy (non-hydrogen) atoms. The van der Waals surface area contributed by atoms with E-state index in [4.69, 9.17) is 4.74 Å². The molecule has 0 heterocycles. The second-order valence-electron chi connectivity index (χ2n) is 5.40. The number of rotatable bonds is 7. The molecular formula is C19H22O2. The minimum absolute atomic E-state index is 0.287. The van der Waals surface area contributed by atoms with E-state index in [1.165, 1.54) is 11.1 Å². The molecule has 110 valence electrons. The Morgan fingerprint density at radius 3 is 2.33 bits per heavy atom. The average molecular weight is 282 g/mol. The number of hydrogen-bond donors (Lipinski definition) is 0. The maximum absolute atomic E-state index is 12.1. The van der Waals surface area contributed by atoms with Gasteiger partial charge in [-0.05, 0) is 35.6 Å². The van der Waals surface area contributed by atoms with Gasteiger partial charge in [-0.15, -0.1) is 0 Å². The van der Waals surface area contributed by atoms with Crippen LogP contribution in [0.25, 0.3) is 0 Å². The van der Waals surface area contributed by atoms with Gasteiger partial charge >= 0.3 is 0 Å². The fraction of sp³-hybridized carbons (Fsp3) is 0.316. The van der Waals surface area contributed by atoms with Crippen LogP contribution in [0.1, 0.15) is 36.8 Å². The van der Waals surface area contributed by atoms with Gasteiger partial charge < -0.3 is 4.74 Å². The van der Waals surface area contributed by atoms with Gasteiger partial charge in [-0.1, -0.05) is 49.4 Å². The predicted octanol–water partition coefficient (Wildman–Crippen LogP) is 4.39. The van der Waals surface area contributed by atoms with Crippen molar-refractivity contribution in [3.8, 4) is 5.75 Å². The molecule has 0 aromatic heterocycles. The van der Waals surface area contributed by atoms with Gasteiger partial charge in [-0.2, -0.15) is 0 Å². The largest absolute Gasteiger partial charge is 0.497 e. The maximum Gasteiger partial charge on any atom is 0.133 e. The number of hydrogen-bond acceptors (Lipinski definition) is 2. The molecule has 0 aliphatic rings. The number of benzene rings is 2. The zero-order chi connectivity index (χ0) is 15.1. The molecule has 0 N–H and O–H groups in total. The summed E-state index contributed by atoms with van der Waals surface area (Å²) in [5.41, 5.74) is 2.41. The number of ketones is 1. The van der Waals surface area contributed by atoms with Crippen molar-refractivity contribution in [1.29, 1.82) is 0 Å². The van der Waals surface area contributed by atoms with Crippen LogP contribution in [0.3, 0.4) is 0 Å². The van der Waals surface area contributed by atoms with Crippen molar-refractivity contribution in [3.63, 3.8) is 0 Å². The molecule has 0 aliphatic carbocycles. The maximum atomic E-state index is 12.1. The van der Waals surface area contributed by atoms with Crippen LogP contribution in [0.4, 0.5) is 0 Å². The second kappa shape index (κ2) is 7.63. The van der Waals surface area contributed by atoms with E-state index in [-0.39, 0.29) is 5.92 Å². The Balaban J connectivity index is 1.81. The van der Waals surface area contributed by atoms with Crippen molar-refractivity contribution >= 4 is 5.78 Å². The first kappa shape index (κ1) is 15.3. The molecule has 0 amide bonds. The van der Waals surface area contributed by atoms with Crippen LogP contribution in [0.15, 0.2) is 54.6 Å². The van der Waals surface area contributed by atoms with Gasteiger partial charge in [0.05, 0.1) is 7.11 Å². The van der Waals surface area contributed by atoms with E-state index in [0.29, 0.717) is 18.6 Å². The van der Waals surface area contributed by atoms with Gasteiger partial charge in [0.2, 0.25) is 0 Å². The molecule has 2 heteroatoms. The summed E-state index contributed by atoms with van der Waals surface area (Å²) < 4.78 is 5.13. The lowest BCUT2D eigenvalue weighted by Crippen LogP contribution is -2.05. The second-order valence-corrected chi connectivity index (χ2v) is 5.40. The van der Waals surface area contributed by atoms with Crippen LogP contribution in [-0.4, -0.2) is 12.9 Å². The van der Waals surface area contributed by atoms with Gasteiger partial charge in [0.25, 0.3) is 0 Å². The molecule has 0 saturated carbocycles. The monoisotopic (exact) mass is 282 g/mol. The molecule has 0 bridgehead atoms.